The van der Waals surface area contributed by atoms with Crippen LogP contribution in [0, 0.1) is 0 Å². The minimum absolute atomic E-state index is 0.156. The molecule has 0 heterocycles. The number of aliphatic hydroxyl groups excluding tert-OH is 2. The Morgan fingerprint density at radius 3 is 2.23 bits per heavy atom. The van der Waals surface area contributed by atoms with Crippen LogP contribution in [0.4, 0.5) is 0 Å². The van der Waals surface area contributed by atoms with E-state index >= 15 is 0 Å². The van der Waals surface area contributed by atoms with E-state index in [4.69, 9.17) is 14.8 Å². The van der Waals surface area contributed by atoms with E-state index in [0.29, 0.717) is 0 Å². The van der Waals surface area contributed by atoms with Crippen LogP contribution in [0.1, 0.15) is 13.3 Å². The third-order valence-electron chi connectivity index (χ3n) is 1.62. The molecule has 0 aliphatic carbocycles. The molecule has 0 bridgehead atoms. The van der Waals surface area contributed by atoms with Crippen molar-refractivity contribution in [3.05, 3.63) is 0 Å². The van der Waals surface area contributed by atoms with Crippen molar-refractivity contribution in [2.75, 3.05) is 13.2 Å². The van der Waals surface area contributed by atoms with E-state index < -0.39 is 21.5 Å². The molecule has 0 saturated carbocycles. The highest BCUT2D eigenvalue weighted by molar-refractivity contribution is 7.86. The topological polar surface area (TPSA) is 107 Å². The van der Waals surface area contributed by atoms with E-state index in [-0.39, 0.29) is 19.6 Å². The molecule has 0 radical (unpaired) electrons. The number of nitrogens with one attached hydrogen (secondary N) is 1. The molecule has 2 unspecified atom stereocenters. The van der Waals surface area contributed by atoms with Crippen molar-refractivity contribution >= 4 is 10.1 Å². The standard InChI is InChI=1S/C6H15NO5S/c1-5(13(10,11)12)7-6(4-9)2-3-8/h5-9H,2-4H2,1H3,(H,10,11,12). The zero-order valence-corrected chi connectivity index (χ0v) is 8.16. The SMILES string of the molecule is CC(NC(CO)CCO)S(=O)(=O)O. The fraction of sp³-hybridized carbons (Fsp3) is 1.00. The Kier molecular flexibility index (Phi) is 5.42. The van der Waals surface area contributed by atoms with Gasteiger partial charge in [-0.15, -0.1) is 0 Å². The molecular formula is C6H15NO5S. The Morgan fingerprint density at radius 1 is 1.38 bits per heavy atom. The molecule has 80 valence electrons. The monoisotopic (exact) mass is 213 g/mol. The smallest absolute Gasteiger partial charge is 0.280 e. The van der Waals surface area contributed by atoms with E-state index in [1.54, 1.807) is 0 Å². The first kappa shape index (κ1) is 12.8. The molecule has 0 aliphatic rings. The molecular weight excluding hydrogens is 198 g/mol. The molecule has 6 nitrogen and oxygen atoms in total. The molecule has 13 heavy (non-hydrogen) atoms. The van der Waals surface area contributed by atoms with Crippen LogP contribution in [0.5, 0.6) is 0 Å². The summed E-state index contributed by atoms with van der Waals surface area (Å²) >= 11 is 0. The third-order valence-corrected chi connectivity index (χ3v) is 2.64. The van der Waals surface area contributed by atoms with Gasteiger partial charge in [-0.2, -0.15) is 8.42 Å². The van der Waals surface area contributed by atoms with Gasteiger partial charge in [-0.1, -0.05) is 0 Å². The number of hydrogen-bond donors (Lipinski definition) is 4. The number of hydrogen-bond acceptors (Lipinski definition) is 5. The van der Waals surface area contributed by atoms with Gasteiger partial charge in [0.15, 0.2) is 0 Å². The van der Waals surface area contributed by atoms with Gasteiger partial charge in [0.25, 0.3) is 10.1 Å². The molecule has 0 saturated heterocycles. The van der Waals surface area contributed by atoms with Crippen LogP contribution in [-0.4, -0.2) is 47.8 Å². The Bertz CT molecular complexity index is 227. The average Bonchev–Trinajstić information content (AvgIpc) is 2.01. The molecule has 0 aromatic carbocycles. The van der Waals surface area contributed by atoms with E-state index in [1.807, 2.05) is 0 Å². The second-order valence-electron chi connectivity index (χ2n) is 2.72. The van der Waals surface area contributed by atoms with Gasteiger partial charge >= 0.3 is 0 Å². The maximum atomic E-state index is 10.5. The largest absolute Gasteiger partial charge is 0.396 e. The van der Waals surface area contributed by atoms with E-state index in [0.717, 1.165) is 0 Å². The first-order valence-corrected chi connectivity index (χ1v) is 5.36. The van der Waals surface area contributed by atoms with Gasteiger partial charge in [0.05, 0.1) is 6.61 Å². The highest BCUT2D eigenvalue weighted by Gasteiger charge is 2.20. The summed E-state index contributed by atoms with van der Waals surface area (Å²) in [4.78, 5) is 0. The molecule has 0 aromatic rings. The molecule has 2 atom stereocenters. The summed E-state index contributed by atoms with van der Waals surface area (Å²) in [6, 6.07) is -0.526. The normalized spacial score (nSPS) is 16.9. The van der Waals surface area contributed by atoms with E-state index in [2.05, 4.69) is 5.32 Å². The Morgan fingerprint density at radius 2 is 1.92 bits per heavy atom. The minimum Gasteiger partial charge on any atom is -0.396 e. The van der Waals surface area contributed by atoms with Crippen LogP contribution in [0.2, 0.25) is 0 Å². The fourth-order valence-corrected chi connectivity index (χ4v) is 1.17. The maximum absolute atomic E-state index is 10.5. The van der Waals surface area contributed by atoms with Crippen LogP contribution in [0.15, 0.2) is 0 Å². The molecule has 0 amide bonds. The van der Waals surface area contributed by atoms with Crippen molar-refractivity contribution in [2.24, 2.45) is 0 Å². The summed E-state index contributed by atoms with van der Waals surface area (Å²) in [5, 5.41) is 18.6. The van der Waals surface area contributed by atoms with Crippen molar-refractivity contribution < 1.29 is 23.2 Å². The lowest BCUT2D eigenvalue weighted by molar-refractivity contribution is 0.198. The zero-order chi connectivity index (χ0) is 10.5. The van der Waals surface area contributed by atoms with Crippen LogP contribution >= 0.6 is 0 Å². The third kappa shape index (κ3) is 5.17. The lowest BCUT2D eigenvalue weighted by Crippen LogP contribution is -2.43. The molecule has 7 heteroatoms. The van der Waals surface area contributed by atoms with Crippen LogP contribution in [-0.2, 0) is 10.1 Å². The van der Waals surface area contributed by atoms with Crippen molar-refractivity contribution in [2.45, 2.75) is 24.8 Å². The molecule has 0 spiro atoms. The summed E-state index contributed by atoms with van der Waals surface area (Å²) in [5.41, 5.74) is 0. The van der Waals surface area contributed by atoms with Gasteiger partial charge in [0.2, 0.25) is 0 Å². The Balaban J connectivity index is 4.09. The van der Waals surface area contributed by atoms with Gasteiger partial charge in [-0.3, -0.25) is 9.87 Å². The predicted octanol–water partition coefficient (Wildman–Crippen LogP) is -1.45. The molecule has 4 N–H and O–H groups in total. The summed E-state index contributed by atoms with van der Waals surface area (Å²) < 4.78 is 29.6. The van der Waals surface area contributed by atoms with Crippen molar-refractivity contribution in [3.63, 3.8) is 0 Å². The predicted molar refractivity (Wildman–Crippen MR) is 46.7 cm³/mol. The quantitative estimate of drug-likeness (QED) is 0.402. The van der Waals surface area contributed by atoms with Gasteiger partial charge in [-0.05, 0) is 13.3 Å². The maximum Gasteiger partial charge on any atom is 0.280 e. The van der Waals surface area contributed by atoms with Crippen LogP contribution in [0.3, 0.4) is 0 Å². The lowest BCUT2D eigenvalue weighted by atomic mass is 10.2. The second-order valence-corrected chi connectivity index (χ2v) is 4.45. The second kappa shape index (κ2) is 5.51. The van der Waals surface area contributed by atoms with Gasteiger partial charge in [0, 0.05) is 12.6 Å². The van der Waals surface area contributed by atoms with Crippen molar-refractivity contribution in [1.82, 2.24) is 5.32 Å². The Hall–Kier alpha value is -0.210. The van der Waals surface area contributed by atoms with E-state index in [1.165, 1.54) is 6.92 Å². The fourth-order valence-electron chi connectivity index (χ4n) is 0.801. The van der Waals surface area contributed by atoms with Gasteiger partial charge in [-0.25, -0.2) is 0 Å². The molecule has 0 rings (SSSR count). The minimum atomic E-state index is -4.13. The molecule has 0 aromatic heterocycles. The first-order chi connectivity index (χ1) is 5.91. The van der Waals surface area contributed by atoms with Crippen molar-refractivity contribution in [1.29, 1.82) is 0 Å². The zero-order valence-electron chi connectivity index (χ0n) is 7.34. The van der Waals surface area contributed by atoms with Gasteiger partial charge in [0.1, 0.15) is 5.37 Å². The van der Waals surface area contributed by atoms with Crippen molar-refractivity contribution in [3.8, 4) is 0 Å². The highest BCUT2D eigenvalue weighted by Crippen LogP contribution is 1.97. The average molecular weight is 213 g/mol. The van der Waals surface area contributed by atoms with E-state index in [9.17, 15) is 8.42 Å². The number of rotatable bonds is 6. The molecule has 0 aliphatic heterocycles. The van der Waals surface area contributed by atoms with Crippen LogP contribution in [0.25, 0.3) is 0 Å². The summed E-state index contributed by atoms with van der Waals surface area (Å²) in [6.45, 7) is 0.812. The summed E-state index contributed by atoms with van der Waals surface area (Å²) in [5.74, 6) is 0. The molecule has 0 fully saturated rings. The lowest BCUT2D eigenvalue weighted by Gasteiger charge is -2.18. The Labute approximate surface area is 77.3 Å². The number of aliphatic hydroxyl groups is 2. The summed E-state index contributed by atoms with van der Waals surface area (Å²) in [6.07, 6.45) is 0.232. The van der Waals surface area contributed by atoms with Crippen LogP contribution < -0.4 is 5.32 Å². The first-order valence-electron chi connectivity index (χ1n) is 3.86. The van der Waals surface area contributed by atoms with Gasteiger partial charge < -0.3 is 10.2 Å². The highest BCUT2D eigenvalue weighted by atomic mass is 32.2. The summed E-state index contributed by atoms with van der Waals surface area (Å²) in [7, 11) is -4.13.